The van der Waals surface area contributed by atoms with Gasteiger partial charge in [-0.05, 0) is 43.7 Å². The normalized spacial score (nSPS) is 24.3. The van der Waals surface area contributed by atoms with Crippen LogP contribution in [0.3, 0.4) is 0 Å². The summed E-state index contributed by atoms with van der Waals surface area (Å²) in [6.07, 6.45) is 6.78. The number of aliphatic hydroxyl groups is 1. The Morgan fingerprint density at radius 2 is 2.18 bits per heavy atom. The van der Waals surface area contributed by atoms with Crippen molar-refractivity contribution in [1.29, 1.82) is 0 Å². The predicted octanol–water partition coefficient (Wildman–Crippen LogP) is 1.36. The fourth-order valence-corrected chi connectivity index (χ4v) is 2.19. The van der Waals surface area contributed by atoms with E-state index in [1.165, 1.54) is 0 Å². The number of carbonyl (C=O) groups excluding carboxylic acids is 1. The van der Waals surface area contributed by atoms with Crippen molar-refractivity contribution >= 4 is 5.91 Å². The summed E-state index contributed by atoms with van der Waals surface area (Å²) in [6.45, 7) is 0.695. The summed E-state index contributed by atoms with van der Waals surface area (Å²) >= 11 is 0. The third-order valence-electron chi connectivity index (χ3n) is 3.29. The molecule has 0 saturated heterocycles. The molecule has 2 rings (SSSR count). The average Bonchev–Trinajstić information content (AvgIpc) is 2.39. The number of nitrogens with zero attached hydrogens (tertiary/aromatic N) is 1. The average molecular weight is 234 g/mol. The van der Waals surface area contributed by atoms with Gasteiger partial charge in [-0.1, -0.05) is 0 Å². The number of aromatic nitrogens is 1. The molecule has 0 spiro atoms. The van der Waals surface area contributed by atoms with Gasteiger partial charge in [0, 0.05) is 18.9 Å². The van der Waals surface area contributed by atoms with Crippen LogP contribution in [0.2, 0.25) is 0 Å². The van der Waals surface area contributed by atoms with Crippen LogP contribution in [-0.4, -0.2) is 28.6 Å². The Bertz CT molecular complexity index is 359. The zero-order chi connectivity index (χ0) is 12.1. The topological polar surface area (TPSA) is 62.2 Å². The molecule has 1 heterocycles. The van der Waals surface area contributed by atoms with Gasteiger partial charge in [0.15, 0.2) is 0 Å². The van der Waals surface area contributed by atoms with Crippen molar-refractivity contribution in [1.82, 2.24) is 10.3 Å². The first-order chi connectivity index (χ1) is 8.25. The number of hydrogen-bond donors (Lipinski definition) is 2. The number of rotatable bonds is 3. The molecule has 0 radical (unpaired) electrons. The van der Waals surface area contributed by atoms with Gasteiger partial charge in [-0.2, -0.15) is 0 Å². The van der Waals surface area contributed by atoms with Gasteiger partial charge in [0.1, 0.15) is 0 Å². The lowest BCUT2D eigenvalue weighted by Crippen LogP contribution is -2.32. The summed E-state index contributed by atoms with van der Waals surface area (Å²) in [4.78, 5) is 15.7. The lowest BCUT2D eigenvalue weighted by atomic mass is 9.87. The second kappa shape index (κ2) is 5.77. The molecule has 4 nitrogen and oxygen atoms in total. The van der Waals surface area contributed by atoms with E-state index < -0.39 is 0 Å². The van der Waals surface area contributed by atoms with E-state index in [-0.39, 0.29) is 12.0 Å². The molecule has 0 aliphatic heterocycles. The molecule has 0 atom stereocenters. The molecule has 92 valence electrons. The van der Waals surface area contributed by atoms with Crippen LogP contribution < -0.4 is 5.32 Å². The molecule has 0 bridgehead atoms. The Morgan fingerprint density at radius 3 is 2.82 bits per heavy atom. The van der Waals surface area contributed by atoms with Crippen LogP contribution in [0.25, 0.3) is 0 Å². The number of hydrogen-bond acceptors (Lipinski definition) is 3. The summed E-state index contributed by atoms with van der Waals surface area (Å²) < 4.78 is 0. The van der Waals surface area contributed by atoms with Gasteiger partial charge >= 0.3 is 0 Å². The maximum absolute atomic E-state index is 11.8. The molecule has 1 aromatic heterocycles. The van der Waals surface area contributed by atoms with Gasteiger partial charge in [-0.3, -0.25) is 9.78 Å². The van der Waals surface area contributed by atoms with Gasteiger partial charge in [0.2, 0.25) is 0 Å². The first kappa shape index (κ1) is 12.0. The van der Waals surface area contributed by atoms with Crippen LogP contribution in [0.15, 0.2) is 24.5 Å². The van der Waals surface area contributed by atoms with Crippen LogP contribution in [0.4, 0.5) is 0 Å². The zero-order valence-corrected chi connectivity index (χ0v) is 9.80. The summed E-state index contributed by atoms with van der Waals surface area (Å²) in [6, 6.07) is 3.51. The second-order valence-corrected chi connectivity index (χ2v) is 4.63. The Hall–Kier alpha value is -1.42. The van der Waals surface area contributed by atoms with Gasteiger partial charge in [0.25, 0.3) is 5.91 Å². The third-order valence-corrected chi connectivity index (χ3v) is 3.29. The second-order valence-electron chi connectivity index (χ2n) is 4.63. The standard InChI is InChI=1S/C13H18N2O2/c16-12-5-3-10(4-6-12)8-15-13(17)11-2-1-7-14-9-11/h1-2,7,9-10,12,16H,3-6,8H2,(H,15,17). The largest absolute Gasteiger partial charge is 0.393 e. The van der Waals surface area contributed by atoms with Crippen LogP contribution >= 0.6 is 0 Å². The molecule has 1 aliphatic rings. The number of aliphatic hydroxyl groups excluding tert-OH is 1. The Labute approximate surface area is 101 Å². The summed E-state index contributed by atoms with van der Waals surface area (Å²) in [7, 11) is 0. The molecule has 0 aromatic carbocycles. The lowest BCUT2D eigenvalue weighted by molar-refractivity contribution is 0.0910. The number of pyridine rings is 1. The molecule has 17 heavy (non-hydrogen) atoms. The third kappa shape index (κ3) is 3.53. The molecule has 0 unspecified atom stereocenters. The molecular formula is C13H18N2O2. The van der Waals surface area contributed by atoms with Crippen molar-refractivity contribution < 1.29 is 9.90 Å². The molecular weight excluding hydrogens is 216 g/mol. The van der Waals surface area contributed by atoms with Gasteiger partial charge in [-0.25, -0.2) is 0 Å². The van der Waals surface area contributed by atoms with Crippen molar-refractivity contribution in [3.63, 3.8) is 0 Å². The van der Waals surface area contributed by atoms with E-state index in [9.17, 15) is 9.90 Å². The van der Waals surface area contributed by atoms with Crippen molar-refractivity contribution in [2.75, 3.05) is 6.54 Å². The molecule has 4 heteroatoms. The van der Waals surface area contributed by atoms with E-state index in [1.807, 2.05) is 0 Å². The fraction of sp³-hybridized carbons (Fsp3) is 0.538. The van der Waals surface area contributed by atoms with Gasteiger partial charge in [-0.15, -0.1) is 0 Å². The first-order valence-electron chi connectivity index (χ1n) is 6.12. The van der Waals surface area contributed by atoms with Crippen LogP contribution in [0.1, 0.15) is 36.0 Å². The SMILES string of the molecule is O=C(NCC1CCC(O)CC1)c1cccnc1. The Kier molecular flexibility index (Phi) is 4.09. The highest BCUT2D eigenvalue weighted by molar-refractivity contribution is 5.93. The highest BCUT2D eigenvalue weighted by Crippen LogP contribution is 2.23. The molecule has 1 aromatic rings. The highest BCUT2D eigenvalue weighted by atomic mass is 16.3. The van der Waals surface area contributed by atoms with Crippen molar-refractivity contribution in [2.45, 2.75) is 31.8 Å². The maximum Gasteiger partial charge on any atom is 0.252 e. The molecule has 1 aliphatic carbocycles. The van der Waals surface area contributed by atoms with Crippen molar-refractivity contribution in [3.05, 3.63) is 30.1 Å². The van der Waals surface area contributed by atoms with E-state index in [2.05, 4.69) is 10.3 Å². The molecule has 2 N–H and O–H groups in total. The summed E-state index contributed by atoms with van der Waals surface area (Å²) in [5.74, 6) is 0.434. The zero-order valence-electron chi connectivity index (χ0n) is 9.80. The van der Waals surface area contributed by atoms with E-state index in [0.717, 1.165) is 25.7 Å². The minimum Gasteiger partial charge on any atom is -0.393 e. The van der Waals surface area contributed by atoms with Crippen LogP contribution in [-0.2, 0) is 0 Å². The van der Waals surface area contributed by atoms with E-state index >= 15 is 0 Å². The summed E-state index contributed by atoms with van der Waals surface area (Å²) in [5.41, 5.74) is 0.600. The van der Waals surface area contributed by atoms with E-state index in [0.29, 0.717) is 18.0 Å². The minimum absolute atomic E-state index is 0.0655. The molecule has 1 amide bonds. The van der Waals surface area contributed by atoms with E-state index in [1.54, 1.807) is 24.5 Å². The summed E-state index contributed by atoms with van der Waals surface area (Å²) in [5, 5.41) is 12.3. The van der Waals surface area contributed by atoms with Crippen LogP contribution in [0, 0.1) is 5.92 Å². The molecule has 1 fully saturated rings. The van der Waals surface area contributed by atoms with E-state index in [4.69, 9.17) is 0 Å². The van der Waals surface area contributed by atoms with Gasteiger partial charge in [0.05, 0.1) is 11.7 Å². The maximum atomic E-state index is 11.8. The Balaban J connectivity index is 1.77. The highest BCUT2D eigenvalue weighted by Gasteiger charge is 2.19. The lowest BCUT2D eigenvalue weighted by Gasteiger charge is -2.25. The Morgan fingerprint density at radius 1 is 1.41 bits per heavy atom. The van der Waals surface area contributed by atoms with Crippen LogP contribution in [0.5, 0.6) is 0 Å². The number of amides is 1. The molecule has 1 saturated carbocycles. The fourth-order valence-electron chi connectivity index (χ4n) is 2.19. The van der Waals surface area contributed by atoms with Gasteiger partial charge < -0.3 is 10.4 Å². The van der Waals surface area contributed by atoms with Crippen molar-refractivity contribution in [2.24, 2.45) is 5.92 Å². The number of nitrogens with one attached hydrogen (secondary N) is 1. The first-order valence-corrected chi connectivity index (χ1v) is 6.12. The monoisotopic (exact) mass is 234 g/mol. The smallest absolute Gasteiger partial charge is 0.252 e. The van der Waals surface area contributed by atoms with Crippen molar-refractivity contribution in [3.8, 4) is 0 Å². The number of carbonyl (C=O) groups is 1. The quantitative estimate of drug-likeness (QED) is 0.830. The minimum atomic E-state index is -0.139. The predicted molar refractivity (Wildman–Crippen MR) is 64.5 cm³/mol.